The first-order valence-corrected chi connectivity index (χ1v) is 15.1. The molecular formula is C27H32Cl2FN3O4S. The van der Waals surface area contributed by atoms with Gasteiger partial charge in [-0.3, -0.25) is 9.69 Å². The van der Waals surface area contributed by atoms with Crippen LogP contribution >= 0.6 is 24.0 Å². The Morgan fingerprint density at radius 3 is 2.34 bits per heavy atom. The molecule has 0 atom stereocenters. The number of nitrogens with zero attached hydrogens (tertiary/aromatic N) is 2. The zero-order chi connectivity index (χ0) is 25.7. The van der Waals surface area contributed by atoms with E-state index in [0.717, 1.165) is 49.9 Å². The van der Waals surface area contributed by atoms with Crippen molar-refractivity contribution in [2.24, 2.45) is 0 Å². The summed E-state index contributed by atoms with van der Waals surface area (Å²) >= 11 is 6.42. The number of carbonyl (C=O) groups excluding carboxylic acids is 1. The molecule has 6 rings (SSSR count). The van der Waals surface area contributed by atoms with Gasteiger partial charge in [-0.25, -0.2) is 22.5 Å². The Morgan fingerprint density at radius 2 is 1.74 bits per heavy atom. The molecule has 3 saturated carbocycles. The van der Waals surface area contributed by atoms with Gasteiger partial charge in [0.2, 0.25) is 15.9 Å². The number of sulfonamides is 1. The van der Waals surface area contributed by atoms with Gasteiger partial charge in [0.1, 0.15) is 16.9 Å². The second kappa shape index (κ2) is 10.9. The van der Waals surface area contributed by atoms with Crippen LogP contribution in [0.5, 0.6) is 5.88 Å². The van der Waals surface area contributed by atoms with Crippen LogP contribution in [0.4, 0.5) is 4.39 Å². The molecule has 0 radical (unpaired) electrons. The van der Waals surface area contributed by atoms with Crippen molar-refractivity contribution in [1.29, 1.82) is 0 Å². The SMILES string of the molecule is Cl.O=C(NS(=O)(=O)C1CC1)c1cc(C2CC2)c(CN2CCC(Oc3ncc(C4CC4)cc3Cl)CC2)cc1F. The van der Waals surface area contributed by atoms with Crippen molar-refractivity contribution in [2.45, 2.75) is 81.1 Å². The minimum absolute atomic E-state index is 0. The molecule has 3 aliphatic carbocycles. The Morgan fingerprint density at radius 1 is 1.05 bits per heavy atom. The van der Waals surface area contributed by atoms with Gasteiger partial charge >= 0.3 is 0 Å². The van der Waals surface area contributed by atoms with Gasteiger partial charge in [0.05, 0.1) is 10.8 Å². The predicted molar refractivity (Wildman–Crippen MR) is 145 cm³/mol. The number of aromatic nitrogens is 1. The van der Waals surface area contributed by atoms with Crippen molar-refractivity contribution < 1.29 is 22.3 Å². The lowest BCUT2D eigenvalue weighted by molar-refractivity contribution is 0.0929. The highest BCUT2D eigenvalue weighted by molar-refractivity contribution is 7.91. The fourth-order valence-electron chi connectivity index (χ4n) is 5.11. The van der Waals surface area contributed by atoms with Gasteiger partial charge < -0.3 is 4.74 Å². The van der Waals surface area contributed by atoms with Gasteiger partial charge in [0.15, 0.2) is 0 Å². The lowest BCUT2D eigenvalue weighted by atomic mass is 9.97. The van der Waals surface area contributed by atoms with E-state index >= 15 is 4.39 Å². The molecule has 1 aromatic heterocycles. The summed E-state index contributed by atoms with van der Waals surface area (Å²) in [6.07, 6.45) is 8.95. The molecule has 0 bridgehead atoms. The van der Waals surface area contributed by atoms with Crippen molar-refractivity contribution in [2.75, 3.05) is 13.1 Å². The molecule has 1 N–H and O–H groups in total. The molecule has 38 heavy (non-hydrogen) atoms. The Hall–Kier alpha value is -1.94. The number of amides is 1. The number of benzene rings is 1. The second-order valence-corrected chi connectivity index (χ2v) is 13.3. The fourth-order valence-corrected chi connectivity index (χ4v) is 6.62. The van der Waals surface area contributed by atoms with Crippen molar-refractivity contribution in [1.82, 2.24) is 14.6 Å². The van der Waals surface area contributed by atoms with Crippen LogP contribution in [-0.2, 0) is 16.6 Å². The largest absolute Gasteiger partial charge is 0.473 e. The zero-order valence-electron chi connectivity index (χ0n) is 21.0. The average molecular weight is 585 g/mol. The van der Waals surface area contributed by atoms with Gasteiger partial charge in [-0.1, -0.05) is 11.6 Å². The number of rotatable bonds is 9. The lowest BCUT2D eigenvalue weighted by Crippen LogP contribution is -2.38. The van der Waals surface area contributed by atoms with Crippen molar-refractivity contribution in [3.8, 4) is 5.88 Å². The Kier molecular flexibility index (Phi) is 7.93. The van der Waals surface area contributed by atoms with E-state index in [1.165, 1.54) is 24.5 Å². The monoisotopic (exact) mass is 583 g/mol. The summed E-state index contributed by atoms with van der Waals surface area (Å²) in [6, 6.07) is 4.95. The zero-order valence-corrected chi connectivity index (χ0v) is 23.4. The number of hydrogen-bond acceptors (Lipinski definition) is 6. The third-order valence-corrected chi connectivity index (χ3v) is 9.86. The Balaban J connectivity index is 0.00000294. The van der Waals surface area contributed by atoms with Crippen molar-refractivity contribution in [3.05, 3.63) is 57.5 Å². The first-order chi connectivity index (χ1) is 17.8. The Bertz CT molecular complexity index is 1320. The van der Waals surface area contributed by atoms with E-state index < -0.39 is 27.0 Å². The summed E-state index contributed by atoms with van der Waals surface area (Å²) < 4.78 is 47.5. The second-order valence-electron chi connectivity index (χ2n) is 10.9. The van der Waals surface area contributed by atoms with E-state index in [-0.39, 0.29) is 30.0 Å². The summed E-state index contributed by atoms with van der Waals surface area (Å²) in [5, 5.41) is 0.0212. The van der Waals surface area contributed by atoms with E-state index in [0.29, 0.717) is 36.2 Å². The van der Waals surface area contributed by atoms with E-state index in [4.69, 9.17) is 16.3 Å². The highest BCUT2D eigenvalue weighted by atomic mass is 35.5. The third kappa shape index (κ3) is 6.27. The molecular weight excluding hydrogens is 552 g/mol. The molecule has 0 unspecified atom stereocenters. The van der Waals surface area contributed by atoms with Crippen LogP contribution in [0.15, 0.2) is 24.4 Å². The number of nitrogens with one attached hydrogen (secondary N) is 1. The molecule has 206 valence electrons. The number of pyridine rings is 1. The number of carbonyl (C=O) groups is 1. The summed E-state index contributed by atoms with van der Waals surface area (Å²) in [5.74, 6) is -0.202. The average Bonchev–Trinajstić information content (AvgIpc) is 3.71. The number of ether oxygens (including phenoxy) is 1. The van der Waals surface area contributed by atoms with Crippen LogP contribution in [0.1, 0.15) is 90.3 Å². The number of piperidine rings is 1. The molecule has 1 aromatic carbocycles. The maximum atomic E-state index is 15.0. The summed E-state index contributed by atoms with van der Waals surface area (Å²) in [7, 11) is -3.73. The quantitative estimate of drug-likeness (QED) is 0.430. The normalized spacial score (nSPS) is 20.6. The van der Waals surface area contributed by atoms with E-state index in [1.54, 1.807) is 6.07 Å². The molecule has 2 aromatic rings. The molecule has 1 aliphatic heterocycles. The lowest BCUT2D eigenvalue weighted by Gasteiger charge is -2.32. The maximum absolute atomic E-state index is 15.0. The van der Waals surface area contributed by atoms with Crippen molar-refractivity contribution >= 4 is 39.9 Å². The molecule has 1 amide bonds. The van der Waals surface area contributed by atoms with E-state index in [1.807, 2.05) is 12.3 Å². The highest BCUT2D eigenvalue weighted by Gasteiger charge is 2.38. The molecule has 4 aliphatic rings. The molecule has 1 saturated heterocycles. The molecule has 0 spiro atoms. The highest BCUT2D eigenvalue weighted by Crippen LogP contribution is 2.43. The van der Waals surface area contributed by atoms with Gasteiger partial charge in [-0.05, 0) is 98.1 Å². The fraction of sp³-hybridized carbons (Fsp3) is 0.556. The van der Waals surface area contributed by atoms with E-state index in [9.17, 15) is 13.2 Å². The Labute approximate surface area is 233 Å². The standard InChI is InChI=1S/C27H31ClFN3O4S.ClH/c28-24-11-18(16-1-2-16)14-30-27(24)36-20-7-9-32(10-8-20)15-19-12-25(29)23(13-22(19)17-3-4-17)26(33)31-37(34,35)21-5-6-21;/h11-14,16-17,20-21H,1-10,15H2,(H,31,33);1H. The first-order valence-electron chi connectivity index (χ1n) is 13.2. The van der Waals surface area contributed by atoms with Gasteiger partial charge in [-0.2, -0.15) is 0 Å². The van der Waals surface area contributed by atoms with Crippen LogP contribution in [0.25, 0.3) is 0 Å². The smallest absolute Gasteiger partial charge is 0.267 e. The predicted octanol–water partition coefficient (Wildman–Crippen LogP) is 5.32. The van der Waals surface area contributed by atoms with Gasteiger partial charge in [0.25, 0.3) is 5.91 Å². The van der Waals surface area contributed by atoms with Crippen LogP contribution in [0.2, 0.25) is 5.02 Å². The maximum Gasteiger partial charge on any atom is 0.267 e. The van der Waals surface area contributed by atoms with Crippen LogP contribution < -0.4 is 9.46 Å². The van der Waals surface area contributed by atoms with E-state index in [2.05, 4.69) is 14.6 Å². The topological polar surface area (TPSA) is 88.6 Å². The molecule has 4 fully saturated rings. The van der Waals surface area contributed by atoms with Gasteiger partial charge in [0, 0.05) is 25.8 Å². The molecule has 7 nitrogen and oxygen atoms in total. The molecule has 2 heterocycles. The van der Waals surface area contributed by atoms with Crippen molar-refractivity contribution in [3.63, 3.8) is 0 Å². The van der Waals surface area contributed by atoms with Gasteiger partial charge in [-0.15, -0.1) is 12.4 Å². The number of hydrogen-bond donors (Lipinski definition) is 1. The molecule has 11 heteroatoms. The number of likely N-dealkylation sites (tertiary alicyclic amines) is 1. The number of halogens is 3. The summed E-state index contributed by atoms with van der Waals surface area (Å²) in [4.78, 5) is 19.3. The summed E-state index contributed by atoms with van der Waals surface area (Å²) in [6.45, 7) is 2.15. The summed E-state index contributed by atoms with van der Waals surface area (Å²) in [5.41, 5.74) is 2.79. The van der Waals surface area contributed by atoms with Crippen LogP contribution in [0.3, 0.4) is 0 Å². The first kappa shape index (κ1) is 27.6. The van der Waals surface area contributed by atoms with Crippen LogP contribution in [-0.4, -0.2) is 48.7 Å². The minimum atomic E-state index is -3.73. The van der Waals surface area contributed by atoms with Crippen LogP contribution in [0, 0.1) is 5.82 Å². The third-order valence-electron chi connectivity index (χ3n) is 7.77. The minimum Gasteiger partial charge on any atom is -0.473 e.